The van der Waals surface area contributed by atoms with Crippen molar-refractivity contribution in [2.45, 2.75) is 6.54 Å². The Hall–Kier alpha value is -2.76. The van der Waals surface area contributed by atoms with E-state index in [9.17, 15) is 4.79 Å². The summed E-state index contributed by atoms with van der Waals surface area (Å²) in [5, 5.41) is 5.60. The van der Waals surface area contributed by atoms with Crippen molar-refractivity contribution in [3.63, 3.8) is 0 Å². The van der Waals surface area contributed by atoms with Gasteiger partial charge in [-0.05, 0) is 42.0 Å². The number of nitrogens with one attached hydrogen (secondary N) is 1. The van der Waals surface area contributed by atoms with Crippen molar-refractivity contribution in [2.24, 2.45) is 0 Å². The summed E-state index contributed by atoms with van der Waals surface area (Å²) >= 11 is 7.43. The highest BCUT2D eigenvalue weighted by molar-refractivity contribution is 7.13. The minimum atomic E-state index is -0.129. The summed E-state index contributed by atoms with van der Waals surface area (Å²) in [4.78, 5) is 13.4. The molecule has 0 aliphatic rings. The van der Waals surface area contributed by atoms with Gasteiger partial charge in [0, 0.05) is 28.4 Å². The molecule has 4 aromatic rings. The second-order valence-corrected chi connectivity index (χ2v) is 7.00. The predicted molar refractivity (Wildman–Crippen MR) is 104 cm³/mol. The third kappa shape index (κ3) is 3.31. The zero-order chi connectivity index (χ0) is 17.9. The number of aromatic nitrogens is 1. The highest BCUT2D eigenvalue weighted by Gasteiger charge is 2.20. The van der Waals surface area contributed by atoms with Gasteiger partial charge in [-0.3, -0.25) is 4.79 Å². The van der Waals surface area contributed by atoms with Crippen molar-refractivity contribution in [3.8, 4) is 16.8 Å². The maximum Gasteiger partial charge on any atom is 0.263 e. The molecule has 6 heteroatoms. The Labute approximate surface area is 159 Å². The number of halogens is 1. The Bertz CT molecular complexity index is 1000. The van der Waals surface area contributed by atoms with Gasteiger partial charge in [-0.15, -0.1) is 11.3 Å². The topological polar surface area (TPSA) is 47.2 Å². The fourth-order valence-electron chi connectivity index (χ4n) is 2.75. The van der Waals surface area contributed by atoms with E-state index in [-0.39, 0.29) is 5.91 Å². The molecule has 0 fully saturated rings. The Morgan fingerprint density at radius 3 is 2.58 bits per heavy atom. The number of amides is 1. The molecule has 1 N–H and O–H groups in total. The van der Waals surface area contributed by atoms with Gasteiger partial charge in [0.25, 0.3) is 5.91 Å². The van der Waals surface area contributed by atoms with Crippen LogP contribution in [0.25, 0.3) is 16.8 Å². The summed E-state index contributed by atoms with van der Waals surface area (Å²) in [5.74, 6) is 0.589. The van der Waals surface area contributed by atoms with Crippen molar-refractivity contribution in [1.29, 1.82) is 0 Å². The summed E-state index contributed by atoms with van der Waals surface area (Å²) < 4.78 is 7.24. The summed E-state index contributed by atoms with van der Waals surface area (Å²) in [7, 11) is 0. The summed E-state index contributed by atoms with van der Waals surface area (Å²) in [6.07, 6.45) is 5.46. The molecule has 1 aromatic carbocycles. The maximum atomic E-state index is 12.8. The lowest BCUT2D eigenvalue weighted by atomic mass is 10.1. The van der Waals surface area contributed by atoms with E-state index in [1.54, 1.807) is 12.3 Å². The van der Waals surface area contributed by atoms with E-state index in [0.29, 0.717) is 16.4 Å². The van der Waals surface area contributed by atoms with E-state index in [0.717, 1.165) is 22.6 Å². The Morgan fingerprint density at radius 1 is 1.12 bits per heavy atom. The number of carbonyl (C=O) groups is 1. The van der Waals surface area contributed by atoms with E-state index in [1.165, 1.54) is 11.3 Å². The van der Waals surface area contributed by atoms with E-state index >= 15 is 0 Å². The number of benzene rings is 1. The molecule has 26 heavy (non-hydrogen) atoms. The molecule has 0 bridgehead atoms. The van der Waals surface area contributed by atoms with Gasteiger partial charge in [-0.1, -0.05) is 23.7 Å². The minimum Gasteiger partial charge on any atom is -0.467 e. The molecular formula is C20H15ClN2O2S. The van der Waals surface area contributed by atoms with Gasteiger partial charge in [0.2, 0.25) is 0 Å². The number of carbonyl (C=O) groups excluding carboxylic acids is 1. The van der Waals surface area contributed by atoms with Crippen LogP contribution in [0.4, 0.5) is 0 Å². The average molecular weight is 383 g/mol. The first-order chi connectivity index (χ1) is 12.7. The van der Waals surface area contributed by atoms with Crippen LogP contribution in [-0.4, -0.2) is 10.5 Å². The first kappa shape index (κ1) is 16.7. The molecule has 0 aliphatic heterocycles. The summed E-state index contributed by atoms with van der Waals surface area (Å²) in [6, 6.07) is 15.1. The highest BCUT2D eigenvalue weighted by atomic mass is 35.5. The lowest BCUT2D eigenvalue weighted by Crippen LogP contribution is -2.22. The van der Waals surface area contributed by atoms with Crippen molar-refractivity contribution < 1.29 is 9.21 Å². The standard InChI is InChI=1S/C20H15ClN2O2S/c21-15-7-5-14(6-8-15)17-13-26-19(18(17)23-9-1-2-10-23)20(24)22-12-16-4-3-11-25-16/h1-11,13H,12H2,(H,22,24). The van der Waals surface area contributed by atoms with Crippen LogP contribution in [0, 0.1) is 0 Å². The number of thiophene rings is 1. The van der Waals surface area contributed by atoms with Crippen molar-refractivity contribution in [3.05, 3.63) is 88.2 Å². The quantitative estimate of drug-likeness (QED) is 0.503. The second-order valence-electron chi connectivity index (χ2n) is 5.69. The molecule has 3 aromatic heterocycles. The molecular weight excluding hydrogens is 368 g/mol. The van der Waals surface area contributed by atoms with Gasteiger partial charge in [0.15, 0.2) is 0 Å². The summed E-state index contributed by atoms with van der Waals surface area (Å²) in [6.45, 7) is 0.352. The van der Waals surface area contributed by atoms with Crippen LogP contribution in [0.5, 0.6) is 0 Å². The average Bonchev–Trinajstić information content (AvgIpc) is 3.40. The molecule has 1 amide bonds. The number of hydrogen-bond acceptors (Lipinski definition) is 3. The van der Waals surface area contributed by atoms with Gasteiger partial charge in [0.1, 0.15) is 10.6 Å². The minimum absolute atomic E-state index is 0.129. The summed E-state index contributed by atoms with van der Waals surface area (Å²) in [5.41, 5.74) is 2.87. The fraction of sp³-hybridized carbons (Fsp3) is 0.0500. The fourth-order valence-corrected chi connectivity index (χ4v) is 3.86. The van der Waals surface area contributed by atoms with E-state index in [4.69, 9.17) is 16.0 Å². The van der Waals surface area contributed by atoms with Crippen LogP contribution in [0.3, 0.4) is 0 Å². The third-order valence-electron chi connectivity index (χ3n) is 3.99. The molecule has 0 atom stereocenters. The molecule has 0 aliphatic carbocycles. The van der Waals surface area contributed by atoms with Gasteiger partial charge < -0.3 is 14.3 Å². The smallest absolute Gasteiger partial charge is 0.263 e. The van der Waals surface area contributed by atoms with E-state index in [1.807, 2.05) is 64.8 Å². The lowest BCUT2D eigenvalue weighted by Gasteiger charge is -2.10. The molecule has 3 heterocycles. The molecule has 4 rings (SSSR count). The largest absolute Gasteiger partial charge is 0.467 e. The Morgan fingerprint density at radius 2 is 1.88 bits per heavy atom. The van der Waals surface area contributed by atoms with E-state index in [2.05, 4.69) is 5.32 Å². The van der Waals surface area contributed by atoms with Crippen LogP contribution in [0.2, 0.25) is 5.02 Å². The van der Waals surface area contributed by atoms with Crippen LogP contribution >= 0.6 is 22.9 Å². The molecule has 0 unspecified atom stereocenters. The zero-order valence-electron chi connectivity index (χ0n) is 13.7. The van der Waals surface area contributed by atoms with Crippen molar-refractivity contribution in [1.82, 2.24) is 9.88 Å². The second kappa shape index (κ2) is 7.23. The van der Waals surface area contributed by atoms with Gasteiger partial charge in [-0.2, -0.15) is 0 Å². The van der Waals surface area contributed by atoms with Crippen molar-refractivity contribution in [2.75, 3.05) is 0 Å². The number of rotatable bonds is 5. The molecule has 4 nitrogen and oxygen atoms in total. The number of furan rings is 1. The monoisotopic (exact) mass is 382 g/mol. The highest BCUT2D eigenvalue weighted by Crippen LogP contribution is 2.35. The van der Waals surface area contributed by atoms with E-state index < -0.39 is 0 Å². The lowest BCUT2D eigenvalue weighted by molar-refractivity contribution is 0.0952. The third-order valence-corrected chi connectivity index (χ3v) is 5.21. The molecule has 0 saturated carbocycles. The SMILES string of the molecule is O=C(NCc1ccco1)c1scc(-c2ccc(Cl)cc2)c1-n1cccc1. The molecule has 0 spiro atoms. The number of nitrogens with zero attached hydrogens (tertiary/aromatic N) is 1. The van der Waals surface area contributed by atoms with Crippen molar-refractivity contribution >= 4 is 28.8 Å². The van der Waals surface area contributed by atoms with Crippen LogP contribution in [0.1, 0.15) is 15.4 Å². The first-order valence-corrected chi connectivity index (χ1v) is 9.29. The van der Waals surface area contributed by atoms with Gasteiger partial charge >= 0.3 is 0 Å². The van der Waals surface area contributed by atoms with Gasteiger partial charge in [0.05, 0.1) is 18.5 Å². The molecule has 0 radical (unpaired) electrons. The molecule has 130 valence electrons. The first-order valence-electron chi connectivity index (χ1n) is 8.04. The van der Waals surface area contributed by atoms with Crippen LogP contribution in [-0.2, 0) is 6.54 Å². The Kier molecular flexibility index (Phi) is 4.65. The molecule has 0 saturated heterocycles. The zero-order valence-corrected chi connectivity index (χ0v) is 15.3. The number of hydrogen-bond donors (Lipinski definition) is 1. The predicted octanol–water partition coefficient (Wildman–Crippen LogP) is 5.38. The van der Waals surface area contributed by atoms with Crippen LogP contribution < -0.4 is 5.32 Å². The normalized spacial score (nSPS) is 10.8. The van der Waals surface area contributed by atoms with Gasteiger partial charge in [-0.25, -0.2) is 0 Å². The Balaban J connectivity index is 1.70. The maximum absolute atomic E-state index is 12.8. The van der Waals surface area contributed by atoms with Crippen LogP contribution in [0.15, 0.2) is 77.0 Å².